The molecule has 1 aliphatic rings. The number of thiophene rings is 1. The molecule has 1 fully saturated rings. The first-order valence-corrected chi connectivity index (χ1v) is 12.1. The quantitative estimate of drug-likeness (QED) is 0.435. The molecule has 1 aromatic carbocycles. The standard InChI is InChI=1S/C25H26N4O4S/c1-15-9-12-33-22(15)24(30)26-17-7-10-29(11-8-17)14-21-27-19-13-20(34-23(19)25(31)28-21)16-3-5-18(32-2)6-4-16/h3-6,9,12-13,17H,7-8,10-11,14H2,1-2H3,(H,26,30)(H,27,28,31). The SMILES string of the molecule is COc1ccc(-c2cc3nc(CN4CCC(NC(=O)c5occc5C)CC4)[nH]c(=O)c3s2)cc1. The third-order valence-electron chi connectivity index (χ3n) is 6.17. The van der Waals surface area contributed by atoms with E-state index in [0.29, 0.717) is 28.3 Å². The summed E-state index contributed by atoms with van der Waals surface area (Å²) in [6.45, 7) is 4.05. The molecule has 34 heavy (non-hydrogen) atoms. The molecule has 5 rings (SSSR count). The lowest BCUT2D eigenvalue weighted by atomic mass is 10.0. The molecule has 1 saturated heterocycles. The number of piperidine rings is 1. The van der Waals surface area contributed by atoms with Crippen molar-refractivity contribution in [3.05, 3.63) is 70.2 Å². The summed E-state index contributed by atoms with van der Waals surface area (Å²) < 4.78 is 11.1. The van der Waals surface area contributed by atoms with Gasteiger partial charge in [0.05, 0.1) is 25.4 Å². The fraction of sp³-hybridized carbons (Fsp3) is 0.320. The number of likely N-dealkylation sites (tertiary alicyclic amines) is 1. The van der Waals surface area contributed by atoms with Crippen LogP contribution < -0.4 is 15.6 Å². The number of aromatic nitrogens is 2. The number of fused-ring (bicyclic) bond motifs is 1. The molecule has 1 aliphatic heterocycles. The van der Waals surface area contributed by atoms with E-state index in [9.17, 15) is 9.59 Å². The number of H-pyrrole nitrogens is 1. The number of nitrogens with one attached hydrogen (secondary N) is 2. The van der Waals surface area contributed by atoms with Crippen molar-refractivity contribution in [2.45, 2.75) is 32.4 Å². The zero-order valence-corrected chi connectivity index (χ0v) is 19.9. The van der Waals surface area contributed by atoms with Gasteiger partial charge in [-0.1, -0.05) is 0 Å². The topological polar surface area (TPSA) is 100 Å². The zero-order chi connectivity index (χ0) is 23.7. The van der Waals surface area contributed by atoms with E-state index in [0.717, 1.165) is 47.7 Å². The van der Waals surface area contributed by atoms with Gasteiger partial charge < -0.3 is 19.5 Å². The third kappa shape index (κ3) is 4.62. The first kappa shape index (κ1) is 22.4. The van der Waals surface area contributed by atoms with Crippen LogP contribution in [0.2, 0.25) is 0 Å². The van der Waals surface area contributed by atoms with Crippen LogP contribution in [0.1, 0.15) is 34.8 Å². The summed E-state index contributed by atoms with van der Waals surface area (Å²) in [6.07, 6.45) is 3.20. The van der Waals surface area contributed by atoms with Gasteiger partial charge in [0, 0.05) is 29.6 Å². The Morgan fingerprint density at radius 1 is 1.26 bits per heavy atom. The maximum Gasteiger partial charge on any atom is 0.287 e. The van der Waals surface area contributed by atoms with E-state index in [1.165, 1.54) is 17.6 Å². The van der Waals surface area contributed by atoms with E-state index in [1.54, 1.807) is 13.2 Å². The highest BCUT2D eigenvalue weighted by Crippen LogP contribution is 2.32. The largest absolute Gasteiger partial charge is 0.497 e. The Labute approximate surface area is 200 Å². The molecule has 0 bridgehead atoms. The number of nitrogens with zero attached hydrogens (tertiary/aromatic N) is 2. The highest BCUT2D eigenvalue weighted by molar-refractivity contribution is 7.22. The van der Waals surface area contributed by atoms with Crippen LogP contribution in [0.25, 0.3) is 20.7 Å². The zero-order valence-electron chi connectivity index (χ0n) is 19.1. The molecule has 0 unspecified atom stereocenters. The van der Waals surface area contributed by atoms with Gasteiger partial charge in [0.2, 0.25) is 0 Å². The summed E-state index contributed by atoms with van der Waals surface area (Å²) in [5.41, 5.74) is 2.47. The number of ether oxygens (including phenoxy) is 1. The predicted octanol–water partition coefficient (Wildman–Crippen LogP) is 3.96. The average molecular weight is 479 g/mol. The van der Waals surface area contributed by atoms with Crippen molar-refractivity contribution in [3.63, 3.8) is 0 Å². The summed E-state index contributed by atoms with van der Waals surface area (Å²) in [7, 11) is 1.64. The van der Waals surface area contributed by atoms with Gasteiger partial charge in [0.15, 0.2) is 5.76 Å². The van der Waals surface area contributed by atoms with Gasteiger partial charge in [0.25, 0.3) is 11.5 Å². The lowest BCUT2D eigenvalue weighted by Crippen LogP contribution is -2.44. The lowest BCUT2D eigenvalue weighted by molar-refractivity contribution is 0.0879. The van der Waals surface area contributed by atoms with E-state index in [1.807, 2.05) is 37.3 Å². The van der Waals surface area contributed by atoms with Crippen LogP contribution >= 0.6 is 11.3 Å². The van der Waals surface area contributed by atoms with Crippen molar-refractivity contribution in [2.24, 2.45) is 0 Å². The summed E-state index contributed by atoms with van der Waals surface area (Å²) >= 11 is 1.44. The highest BCUT2D eigenvalue weighted by atomic mass is 32.1. The van der Waals surface area contributed by atoms with Gasteiger partial charge in [-0.2, -0.15) is 0 Å². The minimum absolute atomic E-state index is 0.103. The Kier molecular flexibility index (Phi) is 6.21. The molecule has 4 heterocycles. The van der Waals surface area contributed by atoms with E-state index in [4.69, 9.17) is 14.1 Å². The predicted molar refractivity (Wildman–Crippen MR) is 131 cm³/mol. The molecular formula is C25H26N4O4S. The maximum absolute atomic E-state index is 12.7. The molecule has 4 aromatic rings. The fourth-order valence-electron chi connectivity index (χ4n) is 4.26. The van der Waals surface area contributed by atoms with Crippen molar-refractivity contribution in [2.75, 3.05) is 20.2 Å². The minimum Gasteiger partial charge on any atom is -0.497 e. The van der Waals surface area contributed by atoms with Gasteiger partial charge in [-0.3, -0.25) is 14.5 Å². The Hall–Kier alpha value is -3.43. The van der Waals surface area contributed by atoms with Crippen molar-refractivity contribution in [1.82, 2.24) is 20.2 Å². The normalized spacial score (nSPS) is 15.0. The molecule has 1 amide bonds. The number of furan rings is 1. The summed E-state index contributed by atoms with van der Waals surface area (Å²) in [6, 6.07) is 11.6. The summed E-state index contributed by atoms with van der Waals surface area (Å²) in [5, 5.41) is 3.07. The van der Waals surface area contributed by atoms with Gasteiger partial charge in [-0.25, -0.2) is 4.98 Å². The lowest BCUT2D eigenvalue weighted by Gasteiger charge is -2.31. The van der Waals surface area contributed by atoms with Gasteiger partial charge in [-0.05, 0) is 61.7 Å². The van der Waals surface area contributed by atoms with Crippen molar-refractivity contribution >= 4 is 27.5 Å². The van der Waals surface area contributed by atoms with E-state index < -0.39 is 0 Å². The second kappa shape index (κ2) is 9.44. The Balaban J connectivity index is 1.23. The Morgan fingerprint density at radius 2 is 2.03 bits per heavy atom. The van der Waals surface area contributed by atoms with Crippen LogP contribution in [0.4, 0.5) is 0 Å². The Bertz CT molecular complexity index is 1360. The van der Waals surface area contributed by atoms with Crippen LogP contribution in [0.5, 0.6) is 5.75 Å². The van der Waals surface area contributed by atoms with E-state index in [-0.39, 0.29) is 17.5 Å². The number of aryl methyl sites for hydroxylation is 1. The van der Waals surface area contributed by atoms with Crippen LogP contribution in [0, 0.1) is 6.92 Å². The first-order chi connectivity index (χ1) is 16.5. The smallest absolute Gasteiger partial charge is 0.287 e. The van der Waals surface area contributed by atoms with E-state index >= 15 is 0 Å². The molecule has 0 saturated carbocycles. The fourth-order valence-corrected chi connectivity index (χ4v) is 5.26. The number of aromatic amines is 1. The molecule has 3 aromatic heterocycles. The van der Waals surface area contributed by atoms with Crippen molar-refractivity contribution in [1.29, 1.82) is 0 Å². The van der Waals surface area contributed by atoms with Gasteiger partial charge >= 0.3 is 0 Å². The second-order valence-corrected chi connectivity index (χ2v) is 9.57. The van der Waals surface area contributed by atoms with Crippen LogP contribution in [0.15, 0.2) is 51.9 Å². The molecule has 0 radical (unpaired) electrons. The van der Waals surface area contributed by atoms with Gasteiger partial charge in [-0.15, -0.1) is 11.3 Å². The Morgan fingerprint density at radius 3 is 2.71 bits per heavy atom. The monoisotopic (exact) mass is 478 g/mol. The maximum atomic E-state index is 12.7. The molecule has 0 aliphatic carbocycles. The number of carbonyl (C=O) groups is 1. The van der Waals surface area contributed by atoms with Crippen LogP contribution in [0.3, 0.4) is 0 Å². The number of hydrogen-bond acceptors (Lipinski definition) is 7. The third-order valence-corrected chi connectivity index (χ3v) is 7.34. The molecule has 0 spiro atoms. The number of carbonyl (C=O) groups excluding carboxylic acids is 1. The van der Waals surface area contributed by atoms with Crippen molar-refractivity contribution in [3.8, 4) is 16.2 Å². The number of hydrogen-bond donors (Lipinski definition) is 2. The first-order valence-electron chi connectivity index (χ1n) is 11.2. The molecule has 9 heteroatoms. The molecule has 2 N–H and O–H groups in total. The number of methoxy groups -OCH3 is 1. The number of amides is 1. The average Bonchev–Trinajstić information content (AvgIpc) is 3.47. The highest BCUT2D eigenvalue weighted by Gasteiger charge is 2.23. The summed E-state index contributed by atoms with van der Waals surface area (Å²) in [4.78, 5) is 36.0. The second-order valence-electron chi connectivity index (χ2n) is 8.52. The molecule has 0 atom stereocenters. The van der Waals surface area contributed by atoms with Crippen molar-refractivity contribution < 1.29 is 13.9 Å². The minimum atomic E-state index is -0.164. The number of benzene rings is 1. The molecule has 176 valence electrons. The van der Waals surface area contributed by atoms with Crippen LogP contribution in [-0.2, 0) is 6.54 Å². The van der Waals surface area contributed by atoms with E-state index in [2.05, 4.69) is 15.2 Å². The van der Waals surface area contributed by atoms with Gasteiger partial charge in [0.1, 0.15) is 16.3 Å². The summed E-state index contributed by atoms with van der Waals surface area (Å²) in [5.74, 6) is 1.66. The molecule has 8 nitrogen and oxygen atoms in total. The van der Waals surface area contributed by atoms with Crippen LogP contribution in [-0.4, -0.2) is 47.0 Å². The molecular weight excluding hydrogens is 452 g/mol. The number of rotatable bonds is 6.